The van der Waals surface area contributed by atoms with Crippen molar-refractivity contribution in [1.82, 2.24) is 19.7 Å². The largest absolute Gasteiger partial charge is 0.368 e. The first-order valence-electron chi connectivity index (χ1n) is 5.74. The Bertz CT molecular complexity index is 634. The molecular weight excluding hydrogens is 248 g/mol. The molecule has 0 fully saturated rings. The summed E-state index contributed by atoms with van der Waals surface area (Å²) in [6, 6.07) is 1.79. The predicted molar refractivity (Wildman–Crippen MR) is 69.0 cm³/mol. The van der Waals surface area contributed by atoms with Crippen LogP contribution in [0.3, 0.4) is 0 Å². The molecule has 0 saturated carbocycles. The highest BCUT2D eigenvalue weighted by atomic mass is 16.6. The van der Waals surface area contributed by atoms with Gasteiger partial charge in [0.2, 0.25) is 11.8 Å². The molecule has 0 aliphatic carbocycles. The van der Waals surface area contributed by atoms with Gasteiger partial charge in [0, 0.05) is 6.20 Å². The topological polar surface area (TPSA) is 113 Å². The molecule has 8 heteroatoms. The van der Waals surface area contributed by atoms with Crippen molar-refractivity contribution in [2.24, 2.45) is 0 Å². The lowest BCUT2D eigenvalue weighted by Gasteiger charge is -2.05. The highest BCUT2D eigenvalue weighted by Gasteiger charge is 2.23. The molecule has 100 valence electrons. The molecule has 0 atom stereocenters. The molecule has 2 N–H and O–H groups in total. The van der Waals surface area contributed by atoms with E-state index < -0.39 is 4.92 Å². The van der Waals surface area contributed by atoms with E-state index in [4.69, 9.17) is 5.73 Å². The van der Waals surface area contributed by atoms with Gasteiger partial charge in [-0.25, -0.2) is 9.67 Å². The lowest BCUT2D eigenvalue weighted by molar-refractivity contribution is -0.385. The first-order valence-corrected chi connectivity index (χ1v) is 5.74. The maximum atomic E-state index is 11.1. The average Bonchev–Trinajstić information content (AvgIpc) is 2.76. The van der Waals surface area contributed by atoms with Gasteiger partial charge in [0.25, 0.3) is 0 Å². The third kappa shape index (κ3) is 2.37. The molecule has 0 bridgehead atoms. The van der Waals surface area contributed by atoms with Crippen molar-refractivity contribution in [2.75, 3.05) is 5.73 Å². The van der Waals surface area contributed by atoms with E-state index in [9.17, 15) is 10.1 Å². The molecule has 2 aromatic rings. The zero-order valence-electron chi connectivity index (χ0n) is 10.9. The monoisotopic (exact) mass is 262 g/mol. The molecule has 0 amide bonds. The van der Waals surface area contributed by atoms with Crippen LogP contribution in [-0.2, 0) is 0 Å². The summed E-state index contributed by atoms with van der Waals surface area (Å²) in [7, 11) is 0. The van der Waals surface area contributed by atoms with Crippen molar-refractivity contribution < 1.29 is 4.92 Å². The Morgan fingerprint density at radius 1 is 1.42 bits per heavy atom. The number of nitro groups is 1. The number of aromatic nitrogens is 4. The summed E-state index contributed by atoms with van der Waals surface area (Å²) in [5.74, 6) is 0.294. The summed E-state index contributed by atoms with van der Waals surface area (Å²) in [4.78, 5) is 18.3. The molecule has 0 saturated heterocycles. The lowest BCUT2D eigenvalue weighted by Crippen LogP contribution is -2.10. The van der Waals surface area contributed by atoms with E-state index in [1.165, 1.54) is 11.6 Å². The van der Waals surface area contributed by atoms with Crippen molar-refractivity contribution in [3.63, 3.8) is 0 Å². The Morgan fingerprint density at radius 2 is 2.11 bits per heavy atom. The van der Waals surface area contributed by atoms with Crippen LogP contribution < -0.4 is 5.73 Å². The number of nitrogen functional groups attached to an aromatic ring is 1. The molecule has 0 aliphatic rings. The zero-order chi connectivity index (χ0) is 14.2. The number of hydrogen-bond donors (Lipinski definition) is 1. The molecule has 0 spiro atoms. The van der Waals surface area contributed by atoms with Crippen molar-refractivity contribution in [1.29, 1.82) is 0 Å². The molecule has 0 aliphatic heterocycles. The molecule has 8 nitrogen and oxygen atoms in total. The van der Waals surface area contributed by atoms with Gasteiger partial charge in [0.1, 0.15) is 5.69 Å². The van der Waals surface area contributed by atoms with Crippen molar-refractivity contribution >= 4 is 11.6 Å². The van der Waals surface area contributed by atoms with Crippen LogP contribution in [-0.4, -0.2) is 24.7 Å². The second kappa shape index (κ2) is 4.63. The van der Waals surface area contributed by atoms with Crippen molar-refractivity contribution in [2.45, 2.75) is 26.7 Å². The Morgan fingerprint density at radius 3 is 2.63 bits per heavy atom. The third-order valence-electron chi connectivity index (χ3n) is 2.66. The van der Waals surface area contributed by atoms with Crippen LogP contribution in [0.25, 0.3) is 5.82 Å². The van der Waals surface area contributed by atoms with Gasteiger partial charge < -0.3 is 5.73 Å². The van der Waals surface area contributed by atoms with Crippen molar-refractivity contribution in [3.05, 3.63) is 33.8 Å². The molecule has 2 rings (SSSR count). The quantitative estimate of drug-likeness (QED) is 0.663. The Labute approximate surface area is 109 Å². The normalized spacial score (nSPS) is 10.9. The summed E-state index contributed by atoms with van der Waals surface area (Å²) < 4.78 is 1.36. The number of aryl methyl sites for hydroxylation is 1. The van der Waals surface area contributed by atoms with Crippen LogP contribution in [0.5, 0.6) is 0 Å². The van der Waals surface area contributed by atoms with Gasteiger partial charge in [0.15, 0.2) is 0 Å². The zero-order valence-corrected chi connectivity index (χ0v) is 10.9. The first-order chi connectivity index (χ1) is 8.90. The molecule has 0 unspecified atom stereocenters. The summed E-state index contributed by atoms with van der Waals surface area (Å²) in [5.41, 5.74) is 6.40. The van der Waals surface area contributed by atoms with E-state index in [0.29, 0.717) is 0 Å². The number of nitrogens with zero attached hydrogens (tertiary/aromatic N) is 5. The maximum Gasteiger partial charge on any atom is 0.334 e. The number of nitrogens with two attached hydrogens (primary N) is 1. The van der Waals surface area contributed by atoms with Gasteiger partial charge in [-0.1, -0.05) is 13.8 Å². The van der Waals surface area contributed by atoms with E-state index in [1.54, 1.807) is 12.3 Å². The molecule has 19 heavy (non-hydrogen) atoms. The van der Waals surface area contributed by atoms with Crippen LogP contribution in [0.4, 0.5) is 11.6 Å². The molecular formula is C11H14N6O2. The fourth-order valence-electron chi connectivity index (χ4n) is 1.71. The van der Waals surface area contributed by atoms with Crippen LogP contribution in [0.15, 0.2) is 12.3 Å². The maximum absolute atomic E-state index is 11.1. The van der Waals surface area contributed by atoms with Gasteiger partial charge in [-0.3, -0.25) is 10.1 Å². The van der Waals surface area contributed by atoms with Crippen molar-refractivity contribution in [3.8, 4) is 5.82 Å². The minimum atomic E-state index is -0.527. The minimum absolute atomic E-state index is 0.0142. The van der Waals surface area contributed by atoms with Gasteiger partial charge in [-0.2, -0.15) is 10.1 Å². The van der Waals surface area contributed by atoms with E-state index in [2.05, 4.69) is 15.1 Å². The lowest BCUT2D eigenvalue weighted by atomic mass is 10.1. The Hall–Kier alpha value is -2.51. The summed E-state index contributed by atoms with van der Waals surface area (Å²) in [6.45, 7) is 5.49. The highest BCUT2D eigenvalue weighted by Crippen LogP contribution is 2.25. The first kappa shape index (κ1) is 12.9. The Kier molecular flexibility index (Phi) is 3.16. The van der Waals surface area contributed by atoms with Gasteiger partial charge >= 0.3 is 5.69 Å². The fourth-order valence-corrected chi connectivity index (χ4v) is 1.71. The Balaban J connectivity index is 2.63. The minimum Gasteiger partial charge on any atom is -0.368 e. The number of hydrogen-bond acceptors (Lipinski definition) is 6. The second-order valence-corrected chi connectivity index (χ2v) is 4.44. The molecule has 2 aromatic heterocycles. The van der Waals surface area contributed by atoms with Crippen LogP contribution in [0.1, 0.15) is 31.2 Å². The molecule has 2 heterocycles. The standard InChI is InChI=1S/C11H14N6O2/c1-6(2)8-4-5-16(15-8)10-9(17(18)19)7(3)13-11(12)14-10/h4-6H,1-3H3,(H2,12,13,14). The highest BCUT2D eigenvalue weighted by molar-refractivity contribution is 5.52. The number of rotatable bonds is 3. The van der Waals surface area contributed by atoms with E-state index in [1.807, 2.05) is 13.8 Å². The third-order valence-corrected chi connectivity index (χ3v) is 2.66. The van der Waals surface area contributed by atoms with Gasteiger partial charge in [-0.05, 0) is 18.9 Å². The summed E-state index contributed by atoms with van der Waals surface area (Å²) in [6.07, 6.45) is 1.63. The second-order valence-electron chi connectivity index (χ2n) is 4.44. The van der Waals surface area contributed by atoms with Crippen LogP contribution in [0.2, 0.25) is 0 Å². The molecule has 0 aromatic carbocycles. The summed E-state index contributed by atoms with van der Waals surface area (Å²) >= 11 is 0. The van der Waals surface area contributed by atoms with Gasteiger partial charge in [0.05, 0.1) is 10.6 Å². The van der Waals surface area contributed by atoms with E-state index in [-0.39, 0.29) is 29.1 Å². The molecule has 0 radical (unpaired) electrons. The van der Waals surface area contributed by atoms with Gasteiger partial charge in [-0.15, -0.1) is 0 Å². The smallest absolute Gasteiger partial charge is 0.334 e. The fraction of sp³-hybridized carbons (Fsp3) is 0.364. The predicted octanol–water partition coefficient (Wildman–Crippen LogP) is 1.58. The SMILES string of the molecule is Cc1nc(N)nc(-n2ccc(C(C)C)n2)c1[N+](=O)[O-]. The number of anilines is 1. The summed E-state index contributed by atoms with van der Waals surface area (Å²) in [5, 5.41) is 15.4. The van der Waals surface area contributed by atoms with E-state index >= 15 is 0 Å². The van der Waals surface area contributed by atoms with Crippen LogP contribution >= 0.6 is 0 Å². The van der Waals surface area contributed by atoms with Crippen LogP contribution in [0, 0.1) is 17.0 Å². The average molecular weight is 262 g/mol. The van der Waals surface area contributed by atoms with E-state index in [0.717, 1.165) is 5.69 Å².